The standard InChI is InChI=1S/C16H19NO/c1-2-3-14-17(18,15-10-6-4-7-11-15)16-12-8-5-9-13-16/h4-13H,2-3,14H2,1H3. The molecule has 0 heterocycles. The summed E-state index contributed by atoms with van der Waals surface area (Å²) in [7, 11) is 0. The highest BCUT2D eigenvalue weighted by Gasteiger charge is 2.22. The van der Waals surface area contributed by atoms with Crippen LogP contribution in [0.1, 0.15) is 19.8 Å². The molecule has 2 aromatic carbocycles. The number of benzene rings is 2. The molecule has 94 valence electrons. The van der Waals surface area contributed by atoms with Crippen LogP contribution in [0.3, 0.4) is 0 Å². The van der Waals surface area contributed by atoms with Crippen LogP contribution in [-0.2, 0) is 0 Å². The van der Waals surface area contributed by atoms with Crippen LogP contribution in [0.15, 0.2) is 60.7 Å². The SMILES string of the molecule is CCCC[N+]([O-])(c1ccccc1)c1ccccc1. The Kier molecular flexibility index (Phi) is 4.13. The average molecular weight is 241 g/mol. The van der Waals surface area contributed by atoms with E-state index in [1.54, 1.807) is 0 Å². The second-order valence-corrected chi connectivity index (χ2v) is 4.49. The van der Waals surface area contributed by atoms with Crippen LogP contribution in [0.25, 0.3) is 0 Å². The summed E-state index contributed by atoms with van der Waals surface area (Å²) in [5.41, 5.74) is 1.61. The molecule has 0 amide bonds. The molecule has 0 aromatic heterocycles. The molecule has 0 spiro atoms. The Morgan fingerprint density at radius 1 is 0.833 bits per heavy atom. The lowest BCUT2D eigenvalue weighted by atomic mass is 10.2. The summed E-state index contributed by atoms with van der Waals surface area (Å²) < 4.78 is -0.366. The smallest absolute Gasteiger partial charge is 0.137 e. The van der Waals surface area contributed by atoms with Gasteiger partial charge in [0.1, 0.15) is 11.4 Å². The monoisotopic (exact) mass is 241 g/mol. The van der Waals surface area contributed by atoms with E-state index in [4.69, 9.17) is 0 Å². The van der Waals surface area contributed by atoms with E-state index in [9.17, 15) is 5.21 Å². The number of unbranched alkanes of at least 4 members (excludes halogenated alkanes) is 1. The van der Waals surface area contributed by atoms with Gasteiger partial charge in [-0.2, -0.15) is 0 Å². The zero-order valence-corrected chi connectivity index (χ0v) is 10.8. The highest BCUT2D eigenvalue weighted by Crippen LogP contribution is 2.33. The lowest BCUT2D eigenvalue weighted by Gasteiger charge is -2.41. The maximum absolute atomic E-state index is 13.2. The first-order valence-electron chi connectivity index (χ1n) is 6.47. The Balaban J connectivity index is 2.41. The van der Waals surface area contributed by atoms with Crippen molar-refractivity contribution in [2.45, 2.75) is 19.8 Å². The minimum Gasteiger partial charge on any atom is -0.622 e. The third kappa shape index (κ3) is 2.61. The highest BCUT2D eigenvalue weighted by molar-refractivity contribution is 5.58. The fraction of sp³-hybridized carbons (Fsp3) is 0.250. The van der Waals surface area contributed by atoms with Gasteiger partial charge < -0.3 is 5.21 Å². The number of para-hydroxylation sites is 2. The fourth-order valence-electron chi connectivity index (χ4n) is 2.13. The quantitative estimate of drug-likeness (QED) is 0.553. The predicted octanol–water partition coefficient (Wildman–Crippen LogP) is 4.62. The Bertz CT molecular complexity index is 427. The zero-order valence-electron chi connectivity index (χ0n) is 10.8. The lowest BCUT2D eigenvalue weighted by Crippen LogP contribution is -2.38. The Labute approximate surface area is 109 Å². The number of hydroxylamine groups is 1. The van der Waals surface area contributed by atoms with E-state index in [1.807, 2.05) is 60.7 Å². The molecule has 0 saturated carbocycles. The minimum absolute atomic E-state index is 0.366. The van der Waals surface area contributed by atoms with Gasteiger partial charge in [-0.25, -0.2) is 0 Å². The molecule has 0 saturated heterocycles. The van der Waals surface area contributed by atoms with E-state index in [1.165, 1.54) is 0 Å². The van der Waals surface area contributed by atoms with Gasteiger partial charge in [0.25, 0.3) is 0 Å². The summed E-state index contributed by atoms with van der Waals surface area (Å²) in [5.74, 6) is 0. The van der Waals surface area contributed by atoms with Crippen LogP contribution in [0, 0.1) is 5.21 Å². The van der Waals surface area contributed by atoms with Crippen molar-refractivity contribution in [3.05, 3.63) is 65.9 Å². The molecule has 18 heavy (non-hydrogen) atoms. The zero-order chi connectivity index (χ0) is 12.8. The van der Waals surface area contributed by atoms with Gasteiger partial charge in [-0.1, -0.05) is 49.7 Å². The van der Waals surface area contributed by atoms with Crippen LogP contribution in [0.4, 0.5) is 11.4 Å². The normalized spacial score (nSPS) is 11.4. The Morgan fingerprint density at radius 2 is 1.28 bits per heavy atom. The summed E-state index contributed by atoms with van der Waals surface area (Å²) in [5, 5.41) is 13.2. The molecule has 0 fully saturated rings. The largest absolute Gasteiger partial charge is 0.622 e. The molecule has 0 unspecified atom stereocenters. The maximum atomic E-state index is 13.2. The number of quaternary nitrogens is 1. The molecule has 0 bridgehead atoms. The van der Waals surface area contributed by atoms with Gasteiger partial charge in [0.15, 0.2) is 0 Å². The Morgan fingerprint density at radius 3 is 1.67 bits per heavy atom. The van der Waals surface area contributed by atoms with Crippen LogP contribution in [0.2, 0.25) is 0 Å². The first-order chi connectivity index (χ1) is 8.77. The van der Waals surface area contributed by atoms with E-state index in [0.29, 0.717) is 6.54 Å². The van der Waals surface area contributed by atoms with Crippen LogP contribution < -0.4 is 4.65 Å². The molecule has 0 aliphatic carbocycles. The molecule has 2 rings (SSSR count). The molecule has 2 nitrogen and oxygen atoms in total. The van der Waals surface area contributed by atoms with Gasteiger partial charge in [-0.3, -0.25) is 4.65 Å². The van der Waals surface area contributed by atoms with E-state index >= 15 is 0 Å². The molecular weight excluding hydrogens is 222 g/mol. The molecule has 0 aliphatic rings. The van der Waals surface area contributed by atoms with E-state index in [2.05, 4.69) is 6.92 Å². The van der Waals surface area contributed by atoms with Crippen LogP contribution >= 0.6 is 0 Å². The summed E-state index contributed by atoms with van der Waals surface area (Å²) in [6.45, 7) is 2.70. The fourth-order valence-corrected chi connectivity index (χ4v) is 2.13. The number of nitrogens with zero attached hydrogens (tertiary/aromatic N) is 1. The second-order valence-electron chi connectivity index (χ2n) is 4.49. The third-order valence-electron chi connectivity index (χ3n) is 3.17. The molecule has 0 N–H and O–H groups in total. The van der Waals surface area contributed by atoms with Gasteiger partial charge in [-0.05, 0) is 30.7 Å². The van der Waals surface area contributed by atoms with Gasteiger partial charge in [0.05, 0.1) is 6.54 Å². The van der Waals surface area contributed by atoms with Gasteiger partial charge >= 0.3 is 0 Å². The first kappa shape index (κ1) is 12.8. The van der Waals surface area contributed by atoms with Crippen molar-refractivity contribution >= 4 is 11.4 Å². The van der Waals surface area contributed by atoms with Crippen LogP contribution in [0.5, 0.6) is 0 Å². The number of hydrogen-bond acceptors (Lipinski definition) is 1. The maximum Gasteiger partial charge on any atom is 0.137 e. The Hall–Kier alpha value is -1.64. The van der Waals surface area contributed by atoms with Crippen molar-refractivity contribution in [1.29, 1.82) is 0 Å². The topological polar surface area (TPSA) is 23.1 Å². The first-order valence-corrected chi connectivity index (χ1v) is 6.47. The van der Waals surface area contributed by atoms with Crippen molar-refractivity contribution in [3.8, 4) is 0 Å². The van der Waals surface area contributed by atoms with Crippen molar-refractivity contribution in [1.82, 2.24) is 4.65 Å². The second kappa shape index (κ2) is 5.80. The molecule has 2 heteroatoms. The van der Waals surface area contributed by atoms with E-state index in [-0.39, 0.29) is 4.65 Å². The minimum atomic E-state index is -0.366. The van der Waals surface area contributed by atoms with Gasteiger partial charge in [-0.15, -0.1) is 0 Å². The number of rotatable bonds is 5. The van der Waals surface area contributed by atoms with Gasteiger partial charge in [0, 0.05) is 0 Å². The summed E-state index contributed by atoms with van der Waals surface area (Å²) in [4.78, 5) is 0. The molecule has 0 aliphatic heterocycles. The molecular formula is C16H19NO. The van der Waals surface area contributed by atoms with Crippen molar-refractivity contribution in [2.75, 3.05) is 6.54 Å². The van der Waals surface area contributed by atoms with Crippen LogP contribution in [-0.4, -0.2) is 6.54 Å². The predicted molar refractivity (Wildman–Crippen MR) is 77.5 cm³/mol. The number of hydrogen-bond donors (Lipinski definition) is 0. The molecule has 0 atom stereocenters. The lowest BCUT2D eigenvalue weighted by molar-refractivity contribution is 0.485. The van der Waals surface area contributed by atoms with E-state index < -0.39 is 0 Å². The summed E-state index contributed by atoms with van der Waals surface area (Å²) in [6.07, 6.45) is 1.95. The van der Waals surface area contributed by atoms with Gasteiger partial charge in [0.2, 0.25) is 0 Å². The molecule has 0 radical (unpaired) electrons. The third-order valence-corrected chi connectivity index (χ3v) is 3.17. The van der Waals surface area contributed by atoms with E-state index in [0.717, 1.165) is 24.2 Å². The van der Waals surface area contributed by atoms with Crippen molar-refractivity contribution in [2.24, 2.45) is 0 Å². The average Bonchev–Trinajstić information content (AvgIpc) is 2.46. The summed E-state index contributed by atoms with van der Waals surface area (Å²) in [6, 6.07) is 19.2. The van der Waals surface area contributed by atoms with Crippen molar-refractivity contribution < 1.29 is 0 Å². The van der Waals surface area contributed by atoms with Crippen molar-refractivity contribution in [3.63, 3.8) is 0 Å². The highest BCUT2D eigenvalue weighted by atomic mass is 16.5. The molecule has 2 aromatic rings. The summed E-state index contributed by atoms with van der Waals surface area (Å²) >= 11 is 0.